The molecule has 0 saturated heterocycles. The number of halogens is 3. The molecule has 0 bridgehead atoms. The number of carboxylic acids is 1. The Labute approximate surface area is 275 Å². The van der Waals surface area contributed by atoms with Crippen molar-refractivity contribution in [3.8, 4) is 22.9 Å². The van der Waals surface area contributed by atoms with Crippen LogP contribution in [0.4, 0.5) is 8.78 Å². The van der Waals surface area contributed by atoms with Crippen LogP contribution in [0.5, 0.6) is 5.75 Å². The Hall–Kier alpha value is -4.15. The first-order valence-corrected chi connectivity index (χ1v) is 17.3. The van der Waals surface area contributed by atoms with E-state index in [1.807, 2.05) is 6.07 Å². The second-order valence-electron chi connectivity index (χ2n) is 10.4. The molecule has 0 heterocycles. The molecule has 1 unspecified atom stereocenters. The van der Waals surface area contributed by atoms with Gasteiger partial charge < -0.3 is 14.7 Å². The Bertz CT molecular complexity index is 1990. The van der Waals surface area contributed by atoms with Gasteiger partial charge in [0.25, 0.3) is 0 Å². The lowest BCUT2D eigenvalue weighted by atomic mass is 10.0. The molecule has 4 aromatic carbocycles. The predicted molar refractivity (Wildman–Crippen MR) is 171 cm³/mol. The fraction of sp³-hybridized carbons (Fsp3) is 0.188. The Balaban J connectivity index is 1.69. The van der Waals surface area contributed by atoms with E-state index in [1.54, 1.807) is 53.6 Å². The molecule has 0 amide bonds. The molecule has 10 nitrogen and oxygen atoms in total. The lowest BCUT2D eigenvalue weighted by Crippen LogP contribution is -2.36. The smallest absolute Gasteiger partial charge is 0.361 e. The van der Waals surface area contributed by atoms with Crippen molar-refractivity contribution >= 4 is 35.1 Å². The third-order valence-electron chi connectivity index (χ3n) is 7.16. The number of aliphatic carboxylic acids is 1. The number of hydrogen-bond donors (Lipinski definition) is 3. The minimum Gasteiger partial charge on any atom is -0.495 e. The van der Waals surface area contributed by atoms with Crippen LogP contribution in [0.25, 0.3) is 11.1 Å². The third-order valence-corrected chi connectivity index (χ3v) is 11.0. The quantitative estimate of drug-likeness (QED) is 0.131. The van der Waals surface area contributed by atoms with E-state index in [4.69, 9.17) is 21.4 Å². The number of sulfonamides is 1. The molecule has 0 aliphatic heterocycles. The van der Waals surface area contributed by atoms with Gasteiger partial charge in [-0.2, -0.15) is 18.3 Å². The van der Waals surface area contributed by atoms with Crippen LogP contribution in [0.1, 0.15) is 29.2 Å². The Morgan fingerprint density at radius 2 is 1.66 bits per heavy atom. The Morgan fingerprint density at radius 3 is 2.28 bits per heavy atom. The molecule has 15 heteroatoms. The fourth-order valence-electron chi connectivity index (χ4n) is 4.64. The minimum atomic E-state index is -5.63. The van der Waals surface area contributed by atoms with Crippen molar-refractivity contribution in [3.05, 3.63) is 118 Å². The van der Waals surface area contributed by atoms with Crippen LogP contribution in [-0.2, 0) is 38.1 Å². The summed E-state index contributed by atoms with van der Waals surface area (Å²) in [5.74, 6) is -1.53. The second-order valence-corrected chi connectivity index (χ2v) is 14.7. The summed E-state index contributed by atoms with van der Waals surface area (Å²) in [6.07, 6.45) is 0. The lowest BCUT2D eigenvalue weighted by molar-refractivity contribution is -0.138. The van der Waals surface area contributed by atoms with E-state index < -0.39 is 45.8 Å². The molecule has 0 radical (unpaired) electrons. The van der Waals surface area contributed by atoms with Crippen molar-refractivity contribution in [2.45, 2.75) is 36.6 Å². The maximum Gasteiger partial charge on any atom is 0.361 e. The number of hydrogen-bond acceptors (Lipinski definition) is 6. The first-order valence-electron chi connectivity index (χ1n) is 13.8. The zero-order chi connectivity index (χ0) is 34.6. The summed E-state index contributed by atoms with van der Waals surface area (Å²) in [6.45, 7) is 0.433. The van der Waals surface area contributed by atoms with Crippen molar-refractivity contribution in [1.82, 2.24) is 9.39 Å². The molecule has 246 valence electrons. The highest BCUT2D eigenvalue weighted by molar-refractivity contribution is 7.89. The number of para-hydroxylation sites is 1. The summed E-state index contributed by atoms with van der Waals surface area (Å²) < 4.78 is 77.4. The van der Waals surface area contributed by atoms with E-state index in [0.29, 0.717) is 11.1 Å². The number of nitrogens with zero attached hydrogens (tertiary/aromatic N) is 2. The molecule has 0 spiro atoms. The number of methoxy groups -OCH3 is 1. The summed E-state index contributed by atoms with van der Waals surface area (Å²) >= 11 is 6.17. The highest BCUT2D eigenvalue weighted by atomic mass is 35.5. The van der Waals surface area contributed by atoms with Crippen LogP contribution >= 0.6 is 19.1 Å². The van der Waals surface area contributed by atoms with Crippen LogP contribution < -0.4 is 9.82 Å². The molecule has 0 fully saturated rings. The van der Waals surface area contributed by atoms with Gasteiger partial charge in [0.15, 0.2) is 0 Å². The van der Waals surface area contributed by atoms with Gasteiger partial charge in [-0.25, -0.2) is 13.5 Å². The average molecular weight is 704 g/mol. The van der Waals surface area contributed by atoms with E-state index in [0.717, 1.165) is 40.6 Å². The van der Waals surface area contributed by atoms with Crippen molar-refractivity contribution < 1.29 is 41.3 Å². The number of carbonyl (C=O) groups is 1. The van der Waals surface area contributed by atoms with Crippen molar-refractivity contribution in [2.24, 2.45) is 0 Å². The van der Waals surface area contributed by atoms with Crippen molar-refractivity contribution in [2.75, 3.05) is 7.11 Å². The normalized spacial score (nSPS) is 13.8. The predicted octanol–water partition coefficient (Wildman–Crippen LogP) is 6.58. The van der Waals surface area contributed by atoms with E-state index in [-0.39, 0.29) is 29.3 Å². The van der Waals surface area contributed by atoms with Crippen LogP contribution in [0.15, 0.2) is 95.9 Å². The van der Waals surface area contributed by atoms with E-state index in [9.17, 15) is 27.9 Å². The maximum atomic E-state index is 15.2. The number of ether oxygens (including phenoxy) is 1. The summed E-state index contributed by atoms with van der Waals surface area (Å²) in [7, 11) is -8.59. The fourth-order valence-corrected chi connectivity index (χ4v) is 7.92. The maximum absolute atomic E-state index is 15.2. The van der Waals surface area contributed by atoms with Gasteiger partial charge in [-0.15, -0.1) is 0 Å². The number of nitrogens with one attached hydrogen (secondary N) is 1. The number of carboxylic acid groups (broad SMARTS) is 1. The largest absolute Gasteiger partial charge is 0.495 e. The SMILES string of the molecule is COc1ccccc1S(=O)(=O)N(Cc1ccc(-c2cccc(C#N)c2)cc1)Cc1ccc(C(F)(F)P(=O)(O)N[C@@H](C)C(=O)O)c(Cl)c1. The molecule has 4 rings (SSSR count). The lowest BCUT2D eigenvalue weighted by Gasteiger charge is -2.26. The van der Waals surface area contributed by atoms with Crippen LogP contribution in [0, 0.1) is 11.3 Å². The number of rotatable bonds is 13. The minimum absolute atomic E-state index is 0.0834. The number of benzene rings is 4. The molecule has 2 atom stereocenters. The first-order chi connectivity index (χ1) is 22.1. The van der Waals surface area contributed by atoms with Gasteiger partial charge in [0.2, 0.25) is 10.0 Å². The molecule has 0 saturated carbocycles. The molecule has 47 heavy (non-hydrogen) atoms. The van der Waals surface area contributed by atoms with Gasteiger partial charge >= 0.3 is 19.2 Å². The highest BCUT2D eigenvalue weighted by Crippen LogP contribution is 2.61. The topological polar surface area (TPSA) is 157 Å². The van der Waals surface area contributed by atoms with Crippen molar-refractivity contribution in [3.63, 3.8) is 0 Å². The number of nitriles is 1. The average Bonchev–Trinajstić information content (AvgIpc) is 3.04. The highest BCUT2D eigenvalue weighted by Gasteiger charge is 2.53. The van der Waals surface area contributed by atoms with Gasteiger partial charge in [0.1, 0.15) is 16.7 Å². The summed E-state index contributed by atoms with van der Waals surface area (Å²) in [5, 5.41) is 19.1. The van der Waals surface area contributed by atoms with E-state index in [1.165, 1.54) is 25.3 Å². The van der Waals surface area contributed by atoms with Crippen LogP contribution in [0.2, 0.25) is 5.02 Å². The second kappa shape index (κ2) is 14.3. The molecule has 4 aromatic rings. The van der Waals surface area contributed by atoms with Gasteiger partial charge in [-0.05, 0) is 59.5 Å². The van der Waals surface area contributed by atoms with Gasteiger partial charge in [0, 0.05) is 13.1 Å². The van der Waals surface area contributed by atoms with E-state index >= 15 is 8.78 Å². The monoisotopic (exact) mass is 703 g/mol. The molecular weight excluding hydrogens is 675 g/mol. The van der Waals surface area contributed by atoms with Crippen LogP contribution in [-0.4, -0.2) is 41.8 Å². The third kappa shape index (κ3) is 7.88. The Morgan fingerprint density at radius 1 is 1.02 bits per heavy atom. The molecule has 0 aromatic heterocycles. The molecule has 0 aliphatic carbocycles. The van der Waals surface area contributed by atoms with Gasteiger partial charge in [0.05, 0.1) is 29.3 Å². The molecular formula is C32H29ClF2N3O7PS. The molecule has 3 N–H and O–H groups in total. The summed E-state index contributed by atoms with van der Waals surface area (Å²) in [5.41, 5.74) is -2.70. The summed E-state index contributed by atoms with van der Waals surface area (Å²) in [4.78, 5) is 21.0. The van der Waals surface area contributed by atoms with Crippen LogP contribution in [0.3, 0.4) is 0 Å². The summed E-state index contributed by atoms with van der Waals surface area (Å²) in [6, 6.07) is 23.3. The first kappa shape index (κ1) is 35.7. The van der Waals surface area contributed by atoms with Gasteiger partial charge in [-0.1, -0.05) is 72.3 Å². The van der Waals surface area contributed by atoms with Gasteiger partial charge in [-0.3, -0.25) is 9.36 Å². The van der Waals surface area contributed by atoms with E-state index in [2.05, 4.69) is 6.07 Å². The zero-order valence-electron chi connectivity index (χ0n) is 25.0. The Kier molecular flexibility index (Phi) is 10.9. The molecule has 0 aliphatic rings. The standard InChI is InChI=1S/C32H29ClF2N3O7PS/c1-21(31(39)40)37-46(41,42)32(34,35)27-15-12-24(17-28(27)33)20-38(47(43,44)30-9-4-3-8-29(30)45-2)19-22-10-13-25(14-11-22)26-7-5-6-23(16-26)18-36/h3-17,21H,19-20H2,1-2H3,(H,39,40)(H2,37,41,42)/t21-/m0/s1. The van der Waals surface area contributed by atoms with Crippen molar-refractivity contribution in [1.29, 1.82) is 5.26 Å². The zero-order valence-corrected chi connectivity index (χ0v) is 27.4. The number of alkyl halides is 2.